The SMILES string of the molecule is COC(=O)c1sc(-c2ccccc2)cc1NC(=O)Nc1ccccc1OC. The predicted molar refractivity (Wildman–Crippen MR) is 107 cm³/mol. The van der Waals surface area contributed by atoms with Gasteiger partial charge in [0.15, 0.2) is 0 Å². The van der Waals surface area contributed by atoms with Crippen LogP contribution in [0, 0.1) is 0 Å². The number of hydrogen-bond donors (Lipinski definition) is 2. The molecule has 2 N–H and O–H groups in total. The van der Waals surface area contributed by atoms with Crippen LogP contribution in [0.15, 0.2) is 60.7 Å². The first kappa shape index (κ1) is 18.5. The molecule has 0 saturated carbocycles. The maximum absolute atomic E-state index is 12.4. The molecule has 0 aliphatic carbocycles. The Kier molecular flexibility index (Phi) is 5.73. The van der Waals surface area contributed by atoms with Crippen molar-refractivity contribution in [3.8, 4) is 16.2 Å². The highest BCUT2D eigenvalue weighted by Crippen LogP contribution is 2.35. The third-order valence-electron chi connectivity index (χ3n) is 3.76. The fraction of sp³-hybridized carbons (Fsp3) is 0.100. The molecule has 2 aromatic carbocycles. The van der Waals surface area contributed by atoms with Crippen molar-refractivity contribution in [1.29, 1.82) is 0 Å². The Hall–Kier alpha value is -3.32. The fourth-order valence-corrected chi connectivity index (χ4v) is 3.53. The van der Waals surface area contributed by atoms with E-state index in [1.807, 2.05) is 36.4 Å². The Balaban J connectivity index is 1.85. The van der Waals surface area contributed by atoms with Crippen molar-refractivity contribution >= 4 is 34.7 Å². The van der Waals surface area contributed by atoms with Gasteiger partial charge in [-0.2, -0.15) is 0 Å². The summed E-state index contributed by atoms with van der Waals surface area (Å²) in [6, 6.07) is 17.9. The molecule has 6 nitrogen and oxygen atoms in total. The lowest BCUT2D eigenvalue weighted by Crippen LogP contribution is -2.20. The van der Waals surface area contributed by atoms with Crippen LogP contribution in [0.4, 0.5) is 16.2 Å². The van der Waals surface area contributed by atoms with E-state index in [9.17, 15) is 9.59 Å². The normalized spacial score (nSPS) is 10.1. The molecule has 0 aliphatic rings. The number of urea groups is 1. The zero-order valence-electron chi connectivity index (χ0n) is 14.8. The van der Waals surface area contributed by atoms with Gasteiger partial charge in [0.25, 0.3) is 0 Å². The smallest absolute Gasteiger partial charge is 0.350 e. The van der Waals surface area contributed by atoms with E-state index >= 15 is 0 Å². The molecule has 1 heterocycles. The van der Waals surface area contributed by atoms with E-state index in [-0.39, 0.29) is 0 Å². The molecular weight excluding hydrogens is 364 g/mol. The van der Waals surface area contributed by atoms with Gasteiger partial charge in [0.05, 0.1) is 25.6 Å². The van der Waals surface area contributed by atoms with Crippen molar-refractivity contribution in [2.24, 2.45) is 0 Å². The van der Waals surface area contributed by atoms with E-state index in [1.165, 1.54) is 25.6 Å². The molecule has 7 heteroatoms. The van der Waals surface area contributed by atoms with Gasteiger partial charge in [-0.05, 0) is 23.8 Å². The van der Waals surface area contributed by atoms with Gasteiger partial charge < -0.3 is 20.1 Å². The van der Waals surface area contributed by atoms with E-state index in [2.05, 4.69) is 10.6 Å². The second-order valence-electron chi connectivity index (χ2n) is 5.49. The number of carbonyl (C=O) groups excluding carboxylic acids is 2. The standard InChI is InChI=1S/C20H18N2O4S/c1-25-16-11-7-6-10-14(16)21-20(24)22-15-12-17(13-8-4-3-5-9-13)27-18(15)19(23)26-2/h3-12H,1-2H3,(H2,21,22,24). The van der Waals surface area contributed by atoms with Crippen LogP contribution >= 0.6 is 11.3 Å². The van der Waals surface area contributed by atoms with E-state index < -0.39 is 12.0 Å². The maximum atomic E-state index is 12.4. The first-order chi connectivity index (χ1) is 13.1. The monoisotopic (exact) mass is 382 g/mol. The second-order valence-corrected chi connectivity index (χ2v) is 6.54. The topological polar surface area (TPSA) is 76.7 Å². The molecule has 0 spiro atoms. The molecular formula is C20H18N2O4S. The molecule has 0 radical (unpaired) electrons. The molecule has 2 amide bonds. The summed E-state index contributed by atoms with van der Waals surface area (Å²) in [5.74, 6) is 0.0332. The quantitative estimate of drug-likeness (QED) is 0.618. The summed E-state index contributed by atoms with van der Waals surface area (Å²) in [6.45, 7) is 0. The zero-order valence-corrected chi connectivity index (χ0v) is 15.6. The number of methoxy groups -OCH3 is 2. The summed E-state index contributed by atoms with van der Waals surface area (Å²) < 4.78 is 10.1. The number of thiophene rings is 1. The van der Waals surface area contributed by atoms with Crippen LogP contribution in [0.2, 0.25) is 0 Å². The average Bonchev–Trinajstić information content (AvgIpc) is 3.12. The highest BCUT2D eigenvalue weighted by atomic mass is 32.1. The van der Waals surface area contributed by atoms with Crippen LogP contribution in [-0.2, 0) is 4.74 Å². The first-order valence-electron chi connectivity index (χ1n) is 8.11. The predicted octanol–water partition coefficient (Wildman–Crippen LogP) is 4.85. The molecule has 0 fully saturated rings. The lowest BCUT2D eigenvalue weighted by atomic mass is 10.2. The van der Waals surface area contributed by atoms with Crippen molar-refractivity contribution in [3.05, 3.63) is 65.5 Å². The lowest BCUT2D eigenvalue weighted by Gasteiger charge is -2.10. The van der Waals surface area contributed by atoms with Crippen LogP contribution < -0.4 is 15.4 Å². The van der Waals surface area contributed by atoms with Crippen LogP contribution in [-0.4, -0.2) is 26.2 Å². The molecule has 0 bridgehead atoms. The minimum absolute atomic E-state index is 0.325. The number of nitrogens with one attached hydrogen (secondary N) is 2. The van der Waals surface area contributed by atoms with Crippen molar-refractivity contribution in [3.63, 3.8) is 0 Å². The van der Waals surface area contributed by atoms with Crippen LogP contribution in [0.5, 0.6) is 5.75 Å². The van der Waals surface area contributed by atoms with Gasteiger partial charge in [-0.25, -0.2) is 9.59 Å². The summed E-state index contributed by atoms with van der Waals surface area (Å²) in [7, 11) is 2.84. The number of ether oxygens (including phenoxy) is 2. The van der Waals surface area contributed by atoms with Crippen LogP contribution in [0.3, 0.4) is 0 Å². The van der Waals surface area contributed by atoms with Gasteiger partial charge in [0.2, 0.25) is 0 Å². The molecule has 0 unspecified atom stereocenters. The summed E-state index contributed by atoms with van der Waals surface area (Å²) in [6.07, 6.45) is 0. The Labute approximate surface area is 160 Å². The van der Waals surface area contributed by atoms with Gasteiger partial charge in [-0.15, -0.1) is 11.3 Å². The Morgan fingerprint density at radius 1 is 0.889 bits per heavy atom. The highest BCUT2D eigenvalue weighted by Gasteiger charge is 2.20. The minimum Gasteiger partial charge on any atom is -0.495 e. The molecule has 27 heavy (non-hydrogen) atoms. The van der Waals surface area contributed by atoms with Crippen LogP contribution in [0.1, 0.15) is 9.67 Å². The molecule has 0 atom stereocenters. The summed E-state index contributed by atoms with van der Waals surface area (Å²) >= 11 is 1.26. The molecule has 0 aliphatic heterocycles. The zero-order chi connectivity index (χ0) is 19.2. The molecule has 3 rings (SSSR count). The van der Waals surface area contributed by atoms with E-state index in [0.29, 0.717) is 22.0 Å². The summed E-state index contributed by atoms with van der Waals surface area (Å²) in [5, 5.41) is 5.44. The third kappa shape index (κ3) is 4.27. The van der Waals surface area contributed by atoms with Gasteiger partial charge >= 0.3 is 12.0 Å². The largest absolute Gasteiger partial charge is 0.495 e. The fourth-order valence-electron chi connectivity index (χ4n) is 2.50. The van der Waals surface area contributed by atoms with Gasteiger partial charge in [0.1, 0.15) is 10.6 Å². The average molecular weight is 382 g/mol. The van der Waals surface area contributed by atoms with Crippen molar-refractivity contribution in [2.45, 2.75) is 0 Å². The summed E-state index contributed by atoms with van der Waals surface area (Å²) in [4.78, 5) is 25.7. The molecule has 0 saturated heterocycles. The molecule has 138 valence electrons. The van der Waals surface area contributed by atoms with Crippen molar-refractivity contribution in [2.75, 3.05) is 24.9 Å². The number of amides is 2. The summed E-state index contributed by atoms with van der Waals surface area (Å²) in [5.41, 5.74) is 1.86. The number of anilines is 2. The molecule has 1 aromatic heterocycles. The number of para-hydroxylation sites is 2. The van der Waals surface area contributed by atoms with E-state index in [4.69, 9.17) is 9.47 Å². The number of carbonyl (C=O) groups is 2. The molecule has 3 aromatic rings. The maximum Gasteiger partial charge on any atom is 0.350 e. The Bertz CT molecular complexity index is 954. The Morgan fingerprint density at radius 2 is 1.56 bits per heavy atom. The number of benzene rings is 2. The van der Waals surface area contributed by atoms with E-state index in [1.54, 1.807) is 24.3 Å². The number of hydrogen-bond acceptors (Lipinski definition) is 5. The third-order valence-corrected chi connectivity index (χ3v) is 4.93. The van der Waals surface area contributed by atoms with Crippen molar-refractivity contribution in [1.82, 2.24) is 0 Å². The van der Waals surface area contributed by atoms with Gasteiger partial charge in [0, 0.05) is 4.88 Å². The number of rotatable bonds is 5. The lowest BCUT2D eigenvalue weighted by molar-refractivity contribution is 0.0607. The second kappa shape index (κ2) is 8.37. The van der Waals surface area contributed by atoms with Gasteiger partial charge in [-0.1, -0.05) is 42.5 Å². The first-order valence-corrected chi connectivity index (χ1v) is 8.92. The van der Waals surface area contributed by atoms with Crippen LogP contribution in [0.25, 0.3) is 10.4 Å². The number of esters is 1. The van der Waals surface area contributed by atoms with Gasteiger partial charge in [-0.3, -0.25) is 0 Å². The highest BCUT2D eigenvalue weighted by molar-refractivity contribution is 7.18. The van der Waals surface area contributed by atoms with Crippen molar-refractivity contribution < 1.29 is 19.1 Å². The van der Waals surface area contributed by atoms with E-state index in [0.717, 1.165) is 10.4 Å². The minimum atomic E-state index is -0.505. The Morgan fingerprint density at radius 3 is 2.26 bits per heavy atom.